The van der Waals surface area contributed by atoms with Gasteiger partial charge in [-0.3, -0.25) is 0 Å². The Bertz CT molecular complexity index is 574. The van der Waals surface area contributed by atoms with Gasteiger partial charge in [-0.15, -0.1) is 0 Å². The number of aromatic nitrogens is 1. The van der Waals surface area contributed by atoms with Crippen LogP contribution in [-0.4, -0.2) is 32.2 Å². The lowest BCUT2D eigenvalue weighted by Gasteiger charge is -2.19. The van der Waals surface area contributed by atoms with Crippen LogP contribution in [-0.2, 0) is 14.8 Å². The van der Waals surface area contributed by atoms with Crippen LogP contribution >= 0.6 is 0 Å². The van der Waals surface area contributed by atoms with E-state index in [4.69, 9.17) is 4.74 Å². The fourth-order valence-electron chi connectivity index (χ4n) is 2.45. The van der Waals surface area contributed by atoms with Gasteiger partial charge in [0.25, 0.3) is 10.0 Å². The number of rotatable bonds is 4. The molecule has 1 saturated carbocycles. The highest BCUT2D eigenvalue weighted by Gasteiger charge is 2.42. The standard InChI is InChI=1S/C12H15FN2O3S/c13-9-2-1-6-14-12(9)19(16,17)15-10-5-7-18-11(10)8-3-4-8/h1-2,6,8,10-11,15H,3-5,7H2. The Morgan fingerprint density at radius 1 is 1.37 bits per heavy atom. The van der Waals surface area contributed by atoms with Crippen molar-refractivity contribution >= 4 is 10.0 Å². The van der Waals surface area contributed by atoms with E-state index < -0.39 is 20.9 Å². The molecular weight excluding hydrogens is 271 g/mol. The fraction of sp³-hybridized carbons (Fsp3) is 0.583. The molecule has 3 rings (SSSR count). The largest absolute Gasteiger partial charge is 0.376 e. The molecule has 1 aliphatic carbocycles. The smallest absolute Gasteiger partial charge is 0.261 e. The molecule has 2 fully saturated rings. The van der Waals surface area contributed by atoms with E-state index in [0.29, 0.717) is 18.9 Å². The highest BCUT2D eigenvalue weighted by molar-refractivity contribution is 7.89. The van der Waals surface area contributed by atoms with Crippen molar-refractivity contribution in [2.45, 2.75) is 36.4 Å². The van der Waals surface area contributed by atoms with Gasteiger partial charge in [-0.1, -0.05) is 0 Å². The third-order valence-electron chi connectivity index (χ3n) is 3.51. The maximum atomic E-state index is 13.5. The first-order chi connectivity index (χ1) is 9.08. The Labute approximate surface area is 111 Å². The predicted octanol–water partition coefficient (Wildman–Crippen LogP) is 1.07. The SMILES string of the molecule is O=S(=O)(NC1CCOC1C1CC1)c1ncccc1F. The zero-order chi connectivity index (χ0) is 13.5. The van der Waals surface area contributed by atoms with Crippen LogP contribution in [0.5, 0.6) is 0 Å². The molecule has 0 spiro atoms. The summed E-state index contributed by atoms with van der Waals surface area (Å²) in [5, 5.41) is -0.545. The lowest BCUT2D eigenvalue weighted by molar-refractivity contribution is 0.0847. The second-order valence-corrected chi connectivity index (χ2v) is 6.61. The van der Waals surface area contributed by atoms with Gasteiger partial charge in [0, 0.05) is 12.8 Å². The molecule has 2 heterocycles. The van der Waals surface area contributed by atoms with Crippen molar-refractivity contribution in [2.75, 3.05) is 6.61 Å². The topological polar surface area (TPSA) is 68.3 Å². The van der Waals surface area contributed by atoms with E-state index in [1.54, 1.807) is 0 Å². The summed E-state index contributed by atoms with van der Waals surface area (Å²) in [6, 6.07) is 2.17. The summed E-state index contributed by atoms with van der Waals surface area (Å²) in [7, 11) is -3.93. The number of hydrogen-bond donors (Lipinski definition) is 1. The molecule has 0 radical (unpaired) electrons. The predicted molar refractivity (Wildman–Crippen MR) is 65.4 cm³/mol. The summed E-state index contributed by atoms with van der Waals surface area (Å²) in [6.07, 6.45) is 3.94. The number of halogens is 1. The number of nitrogens with zero attached hydrogens (tertiary/aromatic N) is 1. The Morgan fingerprint density at radius 2 is 2.16 bits per heavy atom. The summed E-state index contributed by atoms with van der Waals surface area (Å²) < 4.78 is 45.9. The van der Waals surface area contributed by atoms with E-state index in [1.165, 1.54) is 12.3 Å². The number of pyridine rings is 1. The third kappa shape index (κ3) is 2.63. The molecule has 1 N–H and O–H groups in total. The van der Waals surface area contributed by atoms with Crippen molar-refractivity contribution in [3.05, 3.63) is 24.1 Å². The fourth-order valence-corrected chi connectivity index (χ4v) is 3.74. The highest BCUT2D eigenvalue weighted by Crippen LogP contribution is 2.39. The summed E-state index contributed by atoms with van der Waals surface area (Å²) in [4.78, 5) is 3.61. The highest BCUT2D eigenvalue weighted by atomic mass is 32.2. The molecule has 2 aliphatic rings. The number of hydrogen-bond acceptors (Lipinski definition) is 4. The van der Waals surface area contributed by atoms with Crippen molar-refractivity contribution in [3.63, 3.8) is 0 Å². The molecule has 19 heavy (non-hydrogen) atoms. The van der Waals surface area contributed by atoms with Gasteiger partial charge in [-0.2, -0.15) is 0 Å². The molecule has 1 saturated heterocycles. The van der Waals surface area contributed by atoms with Gasteiger partial charge in [0.1, 0.15) is 0 Å². The molecule has 0 amide bonds. The van der Waals surface area contributed by atoms with Gasteiger partial charge in [-0.25, -0.2) is 22.5 Å². The molecule has 2 unspecified atom stereocenters. The molecule has 0 bridgehead atoms. The van der Waals surface area contributed by atoms with Crippen molar-refractivity contribution in [3.8, 4) is 0 Å². The summed E-state index contributed by atoms with van der Waals surface area (Å²) >= 11 is 0. The van der Waals surface area contributed by atoms with Crippen LogP contribution in [0.15, 0.2) is 23.4 Å². The van der Waals surface area contributed by atoms with Crippen LogP contribution in [0.3, 0.4) is 0 Å². The second-order valence-electron chi connectivity index (χ2n) is 4.98. The third-order valence-corrected chi connectivity index (χ3v) is 4.93. The van der Waals surface area contributed by atoms with E-state index in [2.05, 4.69) is 9.71 Å². The van der Waals surface area contributed by atoms with Crippen molar-refractivity contribution < 1.29 is 17.5 Å². The Morgan fingerprint density at radius 3 is 2.84 bits per heavy atom. The Balaban J connectivity index is 1.80. The van der Waals surface area contributed by atoms with Crippen LogP contribution in [0.2, 0.25) is 0 Å². The molecule has 1 aromatic heterocycles. The Kier molecular flexibility index (Phi) is 3.28. The van der Waals surface area contributed by atoms with Gasteiger partial charge in [0.05, 0.1) is 12.1 Å². The summed E-state index contributed by atoms with van der Waals surface area (Å²) in [6.45, 7) is 0.541. The number of nitrogens with one attached hydrogen (secondary N) is 1. The van der Waals surface area contributed by atoms with E-state index >= 15 is 0 Å². The van der Waals surface area contributed by atoms with E-state index in [0.717, 1.165) is 18.9 Å². The summed E-state index contributed by atoms with van der Waals surface area (Å²) in [5.74, 6) is -0.402. The first-order valence-electron chi connectivity index (χ1n) is 6.32. The molecule has 104 valence electrons. The normalized spacial score (nSPS) is 27.6. The quantitative estimate of drug-likeness (QED) is 0.899. The van der Waals surface area contributed by atoms with E-state index in [-0.39, 0.29) is 12.1 Å². The molecule has 1 aliphatic heterocycles. The molecular formula is C12H15FN2O3S. The maximum absolute atomic E-state index is 13.5. The van der Waals surface area contributed by atoms with Crippen LogP contribution in [0.25, 0.3) is 0 Å². The minimum Gasteiger partial charge on any atom is -0.376 e. The van der Waals surface area contributed by atoms with Crippen LogP contribution < -0.4 is 4.72 Å². The molecule has 1 aromatic rings. The summed E-state index contributed by atoms with van der Waals surface area (Å²) in [5.41, 5.74) is 0. The molecule has 7 heteroatoms. The van der Waals surface area contributed by atoms with Gasteiger partial charge >= 0.3 is 0 Å². The average Bonchev–Trinajstić information content (AvgIpc) is 3.11. The van der Waals surface area contributed by atoms with Gasteiger partial charge in [0.2, 0.25) is 5.03 Å². The zero-order valence-electron chi connectivity index (χ0n) is 10.3. The maximum Gasteiger partial charge on any atom is 0.261 e. The van der Waals surface area contributed by atoms with Crippen LogP contribution in [0.1, 0.15) is 19.3 Å². The molecule has 0 aromatic carbocycles. The average molecular weight is 286 g/mol. The van der Waals surface area contributed by atoms with Gasteiger partial charge in [0.15, 0.2) is 5.82 Å². The number of sulfonamides is 1. The monoisotopic (exact) mass is 286 g/mol. The zero-order valence-corrected chi connectivity index (χ0v) is 11.1. The van der Waals surface area contributed by atoms with E-state index in [9.17, 15) is 12.8 Å². The Hall–Kier alpha value is -1.05. The van der Waals surface area contributed by atoms with E-state index in [1.807, 2.05) is 0 Å². The number of ether oxygens (including phenoxy) is 1. The molecule has 5 nitrogen and oxygen atoms in total. The minimum absolute atomic E-state index is 0.0819. The van der Waals surface area contributed by atoms with Crippen LogP contribution in [0, 0.1) is 11.7 Å². The second kappa shape index (κ2) is 4.81. The minimum atomic E-state index is -3.93. The molecule has 2 atom stereocenters. The lowest BCUT2D eigenvalue weighted by atomic mass is 10.1. The van der Waals surface area contributed by atoms with Gasteiger partial charge in [-0.05, 0) is 37.3 Å². The van der Waals surface area contributed by atoms with Crippen molar-refractivity contribution in [2.24, 2.45) is 5.92 Å². The van der Waals surface area contributed by atoms with Crippen molar-refractivity contribution in [1.29, 1.82) is 0 Å². The van der Waals surface area contributed by atoms with Crippen LogP contribution in [0.4, 0.5) is 4.39 Å². The van der Waals surface area contributed by atoms with Gasteiger partial charge < -0.3 is 4.74 Å². The first kappa shape index (κ1) is 13.0. The van der Waals surface area contributed by atoms with Crippen molar-refractivity contribution in [1.82, 2.24) is 9.71 Å². The first-order valence-corrected chi connectivity index (χ1v) is 7.81. The lowest BCUT2D eigenvalue weighted by Crippen LogP contribution is -2.41.